The normalized spacial score (nSPS) is 13.5. The van der Waals surface area contributed by atoms with Gasteiger partial charge in [-0.05, 0) is 38.9 Å². The van der Waals surface area contributed by atoms with Crippen LogP contribution in [0.3, 0.4) is 0 Å². The van der Waals surface area contributed by atoms with E-state index in [9.17, 15) is 0 Å². The lowest BCUT2D eigenvalue weighted by Crippen LogP contribution is -2.31. The van der Waals surface area contributed by atoms with Crippen LogP contribution in [0.25, 0.3) is 0 Å². The summed E-state index contributed by atoms with van der Waals surface area (Å²) in [6.07, 6.45) is 6.15. The van der Waals surface area contributed by atoms with E-state index in [-0.39, 0.29) is 0 Å². The van der Waals surface area contributed by atoms with Gasteiger partial charge in [0.15, 0.2) is 0 Å². The van der Waals surface area contributed by atoms with Gasteiger partial charge in [0, 0.05) is 6.04 Å². The van der Waals surface area contributed by atoms with Crippen molar-refractivity contribution in [3.05, 3.63) is 0 Å². The van der Waals surface area contributed by atoms with Gasteiger partial charge in [-0.15, -0.1) is 0 Å². The maximum atomic E-state index is 5.99. The summed E-state index contributed by atoms with van der Waals surface area (Å²) in [5.41, 5.74) is 5.99. The zero-order valence-corrected chi connectivity index (χ0v) is 10.3. The lowest BCUT2D eigenvalue weighted by Gasteiger charge is -2.21. The van der Waals surface area contributed by atoms with Crippen molar-refractivity contribution in [3.8, 4) is 0 Å². The molecule has 1 unspecified atom stereocenters. The molecule has 0 radical (unpaired) electrons. The molecule has 2 nitrogen and oxygen atoms in total. The van der Waals surface area contributed by atoms with E-state index in [0.717, 1.165) is 6.42 Å². The molecule has 0 aliphatic heterocycles. The van der Waals surface area contributed by atoms with Crippen LogP contribution in [0.1, 0.15) is 52.9 Å². The van der Waals surface area contributed by atoms with Gasteiger partial charge in [0.05, 0.1) is 0 Å². The number of nitrogens with two attached hydrogens (primary N) is 1. The van der Waals surface area contributed by atoms with Crippen LogP contribution in [-0.4, -0.2) is 30.6 Å². The summed E-state index contributed by atoms with van der Waals surface area (Å²) < 4.78 is 0. The second-order valence-electron chi connectivity index (χ2n) is 4.13. The SMILES string of the molecule is CCCCN(CC)CCC(N)CCC. The van der Waals surface area contributed by atoms with Gasteiger partial charge in [-0.3, -0.25) is 0 Å². The molecule has 2 N–H and O–H groups in total. The molecule has 0 saturated heterocycles. The summed E-state index contributed by atoms with van der Waals surface area (Å²) in [6, 6.07) is 0.413. The summed E-state index contributed by atoms with van der Waals surface area (Å²) in [5.74, 6) is 0. The maximum Gasteiger partial charge on any atom is 0.00509 e. The van der Waals surface area contributed by atoms with Gasteiger partial charge in [0.25, 0.3) is 0 Å². The van der Waals surface area contributed by atoms with Gasteiger partial charge in [0.1, 0.15) is 0 Å². The van der Waals surface area contributed by atoms with Crippen molar-refractivity contribution in [1.29, 1.82) is 0 Å². The zero-order valence-electron chi connectivity index (χ0n) is 10.3. The average molecular weight is 200 g/mol. The molecule has 0 aliphatic rings. The van der Waals surface area contributed by atoms with E-state index in [4.69, 9.17) is 5.73 Å². The molecule has 86 valence electrons. The predicted octanol–water partition coefficient (Wildman–Crippen LogP) is 2.63. The highest BCUT2D eigenvalue weighted by molar-refractivity contribution is 4.64. The highest BCUT2D eigenvalue weighted by Gasteiger charge is 2.05. The maximum absolute atomic E-state index is 5.99. The largest absolute Gasteiger partial charge is 0.328 e. The summed E-state index contributed by atoms with van der Waals surface area (Å²) in [5, 5.41) is 0. The molecule has 0 heterocycles. The summed E-state index contributed by atoms with van der Waals surface area (Å²) >= 11 is 0. The third kappa shape index (κ3) is 7.34. The first kappa shape index (κ1) is 13.9. The quantitative estimate of drug-likeness (QED) is 0.620. The fraction of sp³-hybridized carbons (Fsp3) is 1.00. The van der Waals surface area contributed by atoms with Gasteiger partial charge in [-0.25, -0.2) is 0 Å². The highest BCUT2D eigenvalue weighted by atomic mass is 15.1. The Balaban J connectivity index is 3.50. The first-order chi connectivity index (χ1) is 6.74. The fourth-order valence-corrected chi connectivity index (χ4v) is 1.67. The van der Waals surface area contributed by atoms with E-state index in [1.165, 1.54) is 45.3 Å². The van der Waals surface area contributed by atoms with Crippen LogP contribution in [-0.2, 0) is 0 Å². The number of hydrogen-bond donors (Lipinski definition) is 1. The molecule has 0 fully saturated rings. The molecule has 0 rings (SSSR count). The topological polar surface area (TPSA) is 29.3 Å². The van der Waals surface area contributed by atoms with Crippen molar-refractivity contribution in [2.24, 2.45) is 5.73 Å². The lowest BCUT2D eigenvalue weighted by atomic mass is 10.1. The first-order valence-corrected chi connectivity index (χ1v) is 6.22. The number of rotatable bonds is 9. The second kappa shape index (κ2) is 9.47. The Morgan fingerprint density at radius 3 is 2.21 bits per heavy atom. The molecule has 0 aromatic rings. The molecule has 0 saturated carbocycles. The van der Waals surface area contributed by atoms with E-state index >= 15 is 0 Å². The molecule has 0 spiro atoms. The summed E-state index contributed by atoms with van der Waals surface area (Å²) in [7, 11) is 0. The van der Waals surface area contributed by atoms with Crippen molar-refractivity contribution in [1.82, 2.24) is 4.90 Å². The highest BCUT2D eigenvalue weighted by Crippen LogP contribution is 2.02. The van der Waals surface area contributed by atoms with E-state index in [0.29, 0.717) is 6.04 Å². The van der Waals surface area contributed by atoms with E-state index in [1.54, 1.807) is 0 Å². The van der Waals surface area contributed by atoms with Gasteiger partial charge < -0.3 is 10.6 Å². The van der Waals surface area contributed by atoms with Crippen molar-refractivity contribution in [2.75, 3.05) is 19.6 Å². The summed E-state index contributed by atoms with van der Waals surface area (Å²) in [4.78, 5) is 2.51. The van der Waals surface area contributed by atoms with E-state index in [2.05, 4.69) is 25.7 Å². The van der Waals surface area contributed by atoms with Crippen LogP contribution < -0.4 is 5.73 Å². The molecule has 0 aliphatic carbocycles. The molecule has 0 amide bonds. The van der Waals surface area contributed by atoms with Crippen molar-refractivity contribution in [2.45, 2.75) is 58.9 Å². The molecular formula is C12H28N2. The Bertz CT molecular complexity index is 115. The van der Waals surface area contributed by atoms with Crippen LogP contribution in [0, 0.1) is 0 Å². The molecule has 0 aromatic carbocycles. The van der Waals surface area contributed by atoms with E-state index < -0.39 is 0 Å². The van der Waals surface area contributed by atoms with Crippen molar-refractivity contribution < 1.29 is 0 Å². The van der Waals surface area contributed by atoms with Crippen LogP contribution >= 0.6 is 0 Å². The second-order valence-corrected chi connectivity index (χ2v) is 4.13. The van der Waals surface area contributed by atoms with Crippen molar-refractivity contribution in [3.63, 3.8) is 0 Å². The molecule has 0 bridgehead atoms. The molecular weight excluding hydrogens is 172 g/mol. The Morgan fingerprint density at radius 2 is 1.71 bits per heavy atom. The van der Waals surface area contributed by atoms with Crippen LogP contribution in [0.2, 0.25) is 0 Å². The van der Waals surface area contributed by atoms with Crippen LogP contribution in [0.5, 0.6) is 0 Å². The zero-order chi connectivity index (χ0) is 10.8. The fourth-order valence-electron chi connectivity index (χ4n) is 1.67. The van der Waals surface area contributed by atoms with Gasteiger partial charge in [-0.1, -0.05) is 33.6 Å². The lowest BCUT2D eigenvalue weighted by molar-refractivity contribution is 0.269. The van der Waals surface area contributed by atoms with Crippen LogP contribution in [0.15, 0.2) is 0 Å². The average Bonchev–Trinajstić information content (AvgIpc) is 2.19. The molecule has 2 heteroatoms. The first-order valence-electron chi connectivity index (χ1n) is 6.22. The number of unbranched alkanes of at least 4 members (excludes halogenated alkanes) is 1. The Labute approximate surface area is 89.9 Å². The minimum absolute atomic E-state index is 0.413. The third-order valence-corrected chi connectivity index (χ3v) is 2.75. The van der Waals surface area contributed by atoms with Crippen molar-refractivity contribution >= 4 is 0 Å². The van der Waals surface area contributed by atoms with Gasteiger partial charge in [-0.2, -0.15) is 0 Å². The number of nitrogens with zero attached hydrogens (tertiary/aromatic N) is 1. The minimum atomic E-state index is 0.413. The standard InChI is InChI=1S/C12H28N2/c1-4-7-10-14(6-3)11-9-12(13)8-5-2/h12H,4-11,13H2,1-3H3. The van der Waals surface area contributed by atoms with Gasteiger partial charge >= 0.3 is 0 Å². The minimum Gasteiger partial charge on any atom is -0.328 e. The third-order valence-electron chi connectivity index (χ3n) is 2.75. The van der Waals surface area contributed by atoms with E-state index in [1.807, 2.05) is 0 Å². The monoisotopic (exact) mass is 200 g/mol. The Hall–Kier alpha value is -0.0800. The molecule has 0 aromatic heterocycles. The summed E-state index contributed by atoms with van der Waals surface area (Å²) in [6.45, 7) is 10.3. The van der Waals surface area contributed by atoms with Crippen LogP contribution in [0.4, 0.5) is 0 Å². The van der Waals surface area contributed by atoms with Gasteiger partial charge in [0.2, 0.25) is 0 Å². The Kier molecular flexibility index (Phi) is 9.42. The predicted molar refractivity (Wildman–Crippen MR) is 64.5 cm³/mol. The number of hydrogen-bond acceptors (Lipinski definition) is 2. The molecule has 1 atom stereocenters. The molecule has 14 heavy (non-hydrogen) atoms. The Morgan fingerprint density at radius 1 is 1.00 bits per heavy atom. The smallest absolute Gasteiger partial charge is 0.00509 e.